The number of nitrogen functional groups attached to an aromatic ring is 1. The molecule has 26 heavy (non-hydrogen) atoms. The molecule has 0 amide bonds. The molecule has 0 radical (unpaired) electrons. The summed E-state index contributed by atoms with van der Waals surface area (Å²) in [6, 6.07) is 7.14. The Balaban J connectivity index is 1.90. The number of ether oxygens (including phenoxy) is 2. The number of carbonyl (C=O) groups is 1. The van der Waals surface area contributed by atoms with Gasteiger partial charge in [-0.2, -0.15) is 4.98 Å². The summed E-state index contributed by atoms with van der Waals surface area (Å²) in [6.45, 7) is 0. The van der Waals surface area contributed by atoms with Gasteiger partial charge in [0.05, 0.1) is 18.4 Å². The van der Waals surface area contributed by atoms with E-state index in [0.29, 0.717) is 28.6 Å². The third-order valence-electron chi connectivity index (χ3n) is 4.65. The lowest BCUT2D eigenvalue weighted by Crippen LogP contribution is -2.22. The minimum Gasteiger partial charge on any atom is -0.473 e. The van der Waals surface area contributed by atoms with Crippen molar-refractivity contribution in [2.24, 2.45) is 0 Å². The average molecular weight is 356 g/mol. The molecule has 1 aliphatic carbocycles. The van der Waals surface area contributed by atoms with Crippen molar-refractivity contribution >= 4 is 23.2 Å². The third-order valence-corrected chi connectivity index (χ3v) is 4.65. The number of aromatic nitrogens is 2. The largest absolute Gasteiger partial charge is 0.473 e. The van der Waals surface area contributed by atoms with E-state index >= 15 is 0 Å². The van der Waals surface area contributed by atoms with Crippen LogP contribution >= 0.6 is 0 Å². The molecule has 0 unspecified atom stereocenters. The van der Waals surface area contributed by atoms with Crippen molar-refractivity contribution in [3.05, 3.63) is 36.2 Å². The highest BCUT2D eigenvalue weighted by Crippen LogP contribution is 2.35. The molecule has 0 bridgehead atoms. The number of hydrogen-bond acceptors (Lipinski definition) is 7. The van der Waals surface area contributed by atoms with Crippen molar-refractivity contribution in [2.75, 3.05) is 24.8 Å². The van der Waals surface area contributed by atoms with Crippen molar-refractivity contribution in [3.63, 3.8) is 0 Å². The summed E-state index contributed by atoms with van der Waals surface area (Å²) in [5.74, 6) is 0.463. The summed E-state index contributed by atoms with van der Waals surface area (Å²) >= 11 is 0. The molecule has 1 heterocycles. The van der Waals surface area contributed by atoms with Gasteiger partial charge in [-0.25, -0.2) is 9.78 Å². The minimum atomic E-state index is -0.418. The maximum absolute atomic E-state index is 12.0. The SMILES string of the molecule is COC(=O)c1ccccc1N(C)c1ncnc(OC2CCCCC2)c1N. The quantitative estimate of drug-likeness (QED) is 0.822. The topological polar surface area (TPSA) is 90.6 Å². The second-order valence-corrected chi connectivity index (χ2v) is 6.36. The van der Waals surface area contributed by atoms with Gasteiger partial charge in [0.1, 0.15) is 18.1 Å². The van der Waals surface area contributed by atoms with Crippen LogP contribution in [0.2, 0.25) is 0 Å². The first-order valence-corrected chi connectivity index (χ1v) is 8.80. The molecule has 138 valence electrons. The summed E-state index contributed by atoms with van der Waals surface area (Å²) in [5.41, 5.74) is 7.73. The normalized spacial score (nSPS) is 14.7. The van der Waals surface area contributed by atoms with E-state index in [1.54, 1.807) is 24.1 Å². The highest BCUT2D eigenvalue weighted by molar-refractivity contribution is 5.97. The van der Waals surface area contributed by atoms with Gasteiger partial charge in [0.25, 0.3) is 0 Å². The smallest absolute Gasteiger partial charge is 0.339 e. The average Bonchev–Trinajstić information content (AvgIpc) is 2.69. The molecule has 7 nitrogen and oxygen atoms in total. The molecule has 1 aliphatic rings. The van der Waals surface area contributed by atoms with Crippen molar-refractivity contribution < 1.29 is 14.3 Å². The van der Waals surface area contributed by atoms with Crippen LogP contribution in [0.15, 0.2) is 30.6 Å². The number of nitrogens with zero attached hydrogens (tertiary/aromatic N) is 3. The molecular weight excluding hydrogens is 332 g/mol. The standard InChI is InChI=1S/C19H24N4O3/c1-23(15-11-7-6-10-14(15)19(24)25-2)17-16(20)18(22-12-21-17)26-13-8-4-3-5-9-13/h6-7,10-13H,3-5,8-9,20H2,1-2H3. The van der Waals surface area contributed by atoms with Gasteiger partial charge in [-0.3, -0.25) is 0 Å². The lowest BCUT2D eigenvalue weighted by Gasteiger charge is -2.25. The number of benzene rings is 1. The molecule has 7 heteroatoms. The van der Waals surface area contributed by atoms with Crippen molar-refractivity contribution in [1.82, 2.24) is 9.97 Å². The number of rotatable bonds is 5. The number of anilines is 3. The number of hydrogen-bond donors (Lipinski definition) is 1. The van der Waals surface area contributed by atoms with Crippen LogP contribution in [0.4, 0.5) is 17.2 Å². The summed E-state index contributed by atoms with van der Waals surface area (Å²) in [5, 5.41) is 0. The Bertz CT molecular complexity index is 775. The van der Waals surface area contributed by atoms with Crippen LogP contribution in [0.3, 0.4) is 0 Å². The van der Waals surface area contributed by atoms with Gasteiger partial charge in [-0.15, -0.1) is 0 Å². The zero-order valence-corrected chi connectivity index (χ0v) is 15.1. The van der Waals surface area contributed by atoms with Crippen LogP contribution in [-0.4, -0.2) is 36.2 Å². The molecule has 1 aromatic carbocycles. The van der Waals surface area contributed by atoms with Crippen LogP contribution in [0.1, 0.15) is 42.5 Å². The number of carbonyl (C=O) groups excluding carboxylic acids is 1. The fraction of sp³-hybridized carbons (Fsp3) is 0.421. The number of para-hydroxylation sites is 1. The molecule has 0 spiro atoms. The Hall–Kier alpha value is -2.83. The van der Waals surface area contributed by atoms with Gasteiger partial charge < -0.3 is 20.1 Å². The molecule has 0 aliphatic heterocycles. The number of methoxy groups -OCH3 is 1. The zero-order valence-electron chi connectivity index (χ0n) is 15.1. The van der Waals surface area contributed by atoms with E-state index in [4.69, 9.17) is 15.2 Å². The van der Waals surface area contributed by atoms with Crippen LogP contribution < -0.4 is 15.4 Å². The van der Waals surface area contributed by atoms with E-state index in [9.17, 15) is 4.79 Å². The highest BCUT2D eigenvalue weighted by Gasteiger charge is 2.22. The first-order valence-electron chi connectivity index (χ1n) is 8.80. The van der Waals surface area contributed by atoms with Gasteiger partial charge in [-0.05, 0) is 37.8 Å². The van der Waals surface area contributed by atoms with Crippen LogP contribution in [0.5, 0.6) is 5.88 Å². The molecule has 0 saturated heterocycles. The van der Waals surface area contributed by atoms with E-state index in [1.165, 1.54) is 19.9 Å². The van der Waals surface area contributed by atoms with Gasteiger partial charge in [-0.1, -0.05) is 18.6 Å². The molecule has 1 saturated carbocycles. The minimum absolute atomic E-state index is 0.140. The molecular formula is C19H24N4O3. The molecule has 3 rings (SSSR count). The molecule has 1 aromatic heterocycles. The van der Waals surface area contributed by atoms with Gasteiger partial charge in [0.15, 0.2) is 5.82 Å². The van der Waals surface area contributed by atoms with E-state index in [1.807, 2.05) is 12.1 Å². The van der Waals surface area contributed by atoms with Crippen LogP contribution in [0.25, 0.3) is 0 Å². The van der Waals surface area contributed by atoms with E-state index in [0.717, 1.165) is 25.7 Å². The summed E-state index contributed by atoms with van der Waals surface area (Å²) in [4.78, 5) is 22.3. The van der Waals surface area contributed by atoms with E-state index in [2.05, 4.69) is 9.97 Å². The first-order chi connectivity index (χ1) is 12.6. The maximum atomic E-state index is 12.0. The summed E-state index contributed by atoms with van der Waals surface area (Å²) in [6.07, 6.45) is 7.17. The summed E-state index contributed by atoms with van der Waals surface area (Å²) < 4.78 is 10.9. The Kier molecular flexibility index (Phi) is 5.55. The predicted molar refractivity (Wildman–Crippen MR) is 99.8 cm³/mol. The molecule has 2 aromatic rings. The zero-order chi connectivity index (χ0) is 18.5. The van der Waals surface area contributed by atoms with Gasteiger partial charge in [0, 0.05) is 7.05 Å². The third kappa shape index (κ3) is 3.71. The van der Waals surface area contributed by atoms with Crippen LogP contribution in [-0.2, 0) is 4.74 Å². The Morgan fingerprint density at radius 3 is 2.65 bits per heavy atom. The van der Waals surface area contributed by atoms with Crippen molar-refractivity contribution in [3.8, 4) is 5.88 Å². The second kappa shape index (κ2) is 8.03. The maximum Gasteiger partial charge on any atom is 0.339 e. The first kappa shape index (κ1) is 18.0. The van der Waals surface area contributed by atoms with E-state index in [-0.39, 0.29) is 6.10 Å². The lowest BCUT2D eigenvalue weighted by atomic mass is 9.98. The highest BCUT2D eigenvalue weighted by atomic mass is 16.5. The predicted octanol–water partition coefficient (Wildman–Crippen LogP) is 3.32. The summed E-state index contributed by atoms with van der Waals surface area (Å²) in [7, 11) is 3.15. The lowest BCUT2D eigenvalue weighted by molar-refractivity contribution is 0.0601. The molecule has 1 fully saturated rings. The molecule has 2 N–H and O–H groups in total. The number of esters is 1. The fourth-order valence-electron chi connectivity index (χ4n) is 3.24. The Morgan fingerprint density at radius 1 is 1.19 bits per heavy atom. The number of nitrogens with two attached hydrogens (primary N) is 1. The van der Waals surface area contributed by atoms with Gasteiger partial charge >= 0.3 is 5.97 Å². The monoisotopic (exact) mass is 356 g/mol. The van der Waals surface area contributed by atoms with Crippen molar-refractivity contribution in [2.45, 2.75) is 38.2 Å². The van der Waals surface area contributed by atoms with Crippen molar-refractivity contribution in [1.29, 1.82) is 0 Å². The van der Waals surface area contributed by atoms with Crippen LogP contribution in [0, 0.1) is 0 Å². The Labute approximate surface area is 153 Å². The van der Waals surface area contributed by atoms with Gasteiger partial charge in [0.2, 0.25) is 5.88 Å². The molecule has 0 atom stereocenters. The fourth-order valence-corrected chi connectivity index (χ4v) is 3.24. The Morgan fingerprint density at radius 2 is 1.92 bits per heavy atom. The van der Waals surface area contributed by atoms with E-state index < -0.39 is 5.97 Å². The second-order valence-electron chi connectivity index (χ2n) is 6.36.